The number of aromatic nitrogens is 3. The van der Waals surface area contributed by atoms with Gasteiger partial charge < -0.3 is 14.6 Å². The van der Waals surface area contributed by atoms with Gasteiger partial charge in [0, 0.05) is 36.4 Å². The summed E-state index contributed by atoms with van der Waals surface area (Å²) in [5.41, 5.74) is 2.67. The standard InChI is InChI=1S/C26H25FN4O3/c1-18(20-9-13-23(14-10-20)33-17-19-4-3-15-28-16-19)29-24(32)5-2-6-25-30-26(31-34-25)21-7-11-22(27)12-8-21/h3-4,7-16,18H,2,5-6,17H2,1H3,(H,29,32). The number of carbonyl (C=O) groups excluding carboxylic acids is 1. The van der Waals surface area contributed by atoms with E-state index in [0.29, 0.717) is 43.1 Å². The zero-order chi connectivity index (χ0) is 23.8. The number of hydrogen-bond acceptors (Lipinski definition) is 6. The Morgan fingerprint density at radius 1 is 1.12 bits per heavy atom. The molecule has 1 N–H and O–H groups in total. The molecule has 0 radical (unpaired) electrons. The molecule has 7 nitrogen and oxygen atoms in total. The van der Waals surface area contributed by atoms with Crippen molar-refractivity contribution in [3.05, 3.63) is 95.9 Å². The maximum atomic E-state index is 13.0. The van der Waals surface area contributed by atoms with Gasteiger partial charge in [0.1, 0.15) is 18.2 Å². The molecular weight excluding hydrogens is 435 g/mol. The highest BCUT2D eigenvalue weighted by Crippen LogP contribution is 2.19. The number of carbonyl (C=O) groups is 1. The van der Waals surface area contributed by atoms with Gasteiger partial charge in [-0.3, -0.25) is 9.78 Å². The van der Waals surface area contributed by atoms with E-state index in [1.54, 1.807) is 24.5 Å². The van der Waals surface area contributed by atoms with Gasteiger partial charge >= 0.3 is 0 Å². The van der Waals surface area contributed by atoms with Crippen molar-refractivity contribution in [1.29, 1.82) is 0 Å². The third-order valence-electron chi connectivity index (χ3n) is 5.25. The third kappa shape index (κ3) is 6.48. The minimum absolute atomic E-state index is 0.0531. The van der Waals surface area contributed by atoms with Gasteiger partial charge in [0.05, 0.1) is 6.04 Å². The minimum atomic E-state index is -0.321. The van der Waals surface area contributed by atoms with Crippen molar-refractivity contribution in [2.75, 3.05) is 0 Å². The highest BCUT2D eigenvalue weighted by Gasteiger charge is 2.12. The van der Waals surface area contributed by atoms with Crippen LogP contribution in [0.25, 0.3) is 11.4 Å². The molecule has 2 aromatic heterocycles. The largest absolute Gasteiger partial charge is 0.489 e. The second-order valence-electron chi connectivity index (χ2n) is 7.88. The first-order chi connectivity index (χ1) is 16.6. The molecule has 2 heterocycles. The lowest BCUT2D eigenvalue weighted by atomic mass is 10.1. The van der Waals surface area contributed by atoms with Gasteiger partial charge in [-0.25, -0.2) is 4.39 Å². The highest BCUT2D eigenvalue weighted by atomic mass is 19.1. The van der Waals surface area contributed by atoms with Crippen LogP contribution in [0.4, 0.5) is 4.39 Å². The Morgan fingerprint density at radius 2 is 1.91 bits per heavy atom. The van der Waals surface area contributed by atoms with Crippen LogP contribution in [-0.2, 0) is 17.8 Å². The van der Waals surface area contributed by atoms with Crippen LogP contribution >= 0.6 is 0 Å². The molecule has 1 amide bonds. The molecule has 174 valence electrons. The SMILES string of the molecule is CC(NC(=O)CCCc1nc(-c2ccc(F)cc2)no1)c1ccc(OCc2cccnc2)cc1. The fourth-order valence-electron chi connectivity index (χ4n) is 3.37. The second-order valence-corrected chi connectivity index (χ2v) is 7.88. The third-order valence-corrected chi connectivity index (χ3v) is 5.25. The van der Waals surface area contributed by atoms with Crippen LogP contribution in [0.5, 0.6) is 5.75 Å². The fourth-order valence-corrected chi connectivity index (χ4v) is 3.37. The Morgan fingerprint density at radius 3 is 2.65 bits per heavy atom. The first kappa shape index (κ1) is 23.1. The molecule has 0 spiro atoms. The summed E-state index contributed by atoms with van der Waals surface area (Å²) in [6.45, 7) is 2.39. The van der Waals surface area contributed by atoms with Crippen molar-refractivity contribution in [3.63, 3.8) is 0 Å². The minimum Gasteiger partial charge on any atom is -0.489 e. The maximum absolute atomic E-state index is 13.0. The summed E-state index contributed by atoms with van der Waals surface area (Å²) >= 11 is 0. The Labute approximate surface area is 197 Å². The number of amides is 1. The van der Waals surface area contributed by atoms with Gasteiger partial charge in [0.25, 0.3) is 0 Å². The zero-order valence-electron chi connectivity index (χ0n) is 18.8. The van der Waals surface area contributed by atoms with E-state index in [-0.39, 0.29) is 17.8 Å². The topological polar surface area (TPSA) is 90.1 Å². The molecule has 0 fully saturated rings. The molecule has 0 bridgehead atoms. The van der Waals surface area contributed by atoms with Gasteiger partial charge in [-0.15, -0.1) is 0 Å². The molecule has 0 aliphatic heterocycles. The lowest BCUT2D eigenvalue weighted by Crippen LogP contribution is -2.26. The van der Waals surface area contributed by atoms with Crippen molar-refractivity contribution < 1.29 is 18.4 Å². The van der Waals surface area contributed by atoms with E-state index in [0.717, 1.165) is 16.9 Å². The van der Waals surface area contributed by atoms with Crippen LogP contribution in [0.2, 0.25) is 0 Å². The van der Waals surface area contributed by atoms with Crippen molar-refractivity contribution in [2.24, 2.45) is 0 Å². The number of nitrogens with one attached hydrogen (secondary N) is 1. The highest BCUT2D eigenvalue weighted by molar-refractivity contribution is 5.76. The predicted molar refractivity (Wildman–Crippen MR) is 124 cm³/mol. The first-order valence-electron chi connectivity index (χ1n) is 11.1. The van der Waals surface area contributed by atoms with Gasteiger partial charge in [0.15, 0.2) is 0 Å². The molecule has 0 saturated carbocycles. The van der Waals surface area contributed by atoms with Crippen molar-refractivity contribution in [2.45, 2.75) is 38.8 Å². The molecule has 2 aromatic carbocycles. The normalized spacial score (nSPS) is 11.7. The molecule has 1 atom stereocenters. The maximum Gasteiger partial charge on any atom is 0.226 e. The molecule has 0 aliphatic rings. The number of rotatable bonds is 10. The lowest BCUT2D eigenvalue weighted by Gasteiger charge is -2.15. The summed E-state index contributed by atoms with van der Waals surface area (Å²) in [5, 5.41) is 6.92. The molecular formula is C26H25FN4O3. The lowest BCUT2D eigenvalue weighted by molar-refractivity contribution is -0.121. The van der Waals surface area contributed by atoms with Gasteiger partial charge in [-0.05, 0) is 61.4 Å². The predicted octanol–water partition coefficient (Wildman–Crippen LogP) is 5.05. The molecule has 4 aromatic rings. The van der Waals surface area contributed by atoms with Crippen molar-refractivity contribution in [3.8, 4) is 17.1 Å². The smallest absolute Gasteiger partial charge is 0.226 e. The number of pyridine rings is 1. The Bertz CT molecular complexity index is 1190. The number of ether oxygens (including phenoxy) is 1. The van der Waals surface area contributed by atoms with Crippen LogP contribution in [0.3, 0.4) is 0 Å². The second kappa shape index (κ2) is 11.2. The van der Waals surface area contributed by atoms with Crippen LogP contribution in [0.15, 0.2) is 77.6 Å². The van der Waals surface area contributed by atoms with E-state index in [2.05, 4.69) is 20.4 Å². The number of halogens is 1. The van der Waals surface area contributed by atoms with E-state index in [1.165, 1.54) is 12.1 Å². The van der Waals surface area contributed by atoms with Crippen LogP contribution in [0, 0.1) is 5.82 Å². The molecule has 1 unspecified atom stereocenters. The van der Waals surface area contributed by atoms with E-state index < -0.39 is 0 Å². The summed E-state index contributed by atoms with van der Waals surface area (Å²) in [6.07, 6.45) is 4.90. The zero-order valence-corrected chi connectivity index (χ0v) is 18.8. The van der Waals surface area contributed by atoms with Gasteiger partial charge in [-0.2, -0.15) is 4.98 Å². The average Bonchev–Trinajstić information content (AvgIpc) is 3.33. The van der Waals surface area contributed by atoms with E-state index >= 15 is 0 Å². The average molecular weight is 461 g/mol. The van der Waals surface area contributed by atoms with E-state index in [9.17, 15) is 9.18 Å². The van der Waals surface area contributed by atoms with Crippen LogP contribution in [-0.4, -0.2) is 21.0 Å². The number of hydrogen-bond donors (Lipinski definition) is 1. The van der Waals surface area contributed by atoms with E-state index in [1.807, 2.05) is 43.3 Å². The summed E-state index contributed by atoms with van der Waals surface area (Å²) < 4.78 is 24.1. The van der Waals surface area contributed by atoms with Crippen LogP contribution in [0.1, 0.15) is 42.8 Å². The monoisotopic (exact) mass is 460 g/mol. The quantitative estimate of drug-likeness (QED) is 0.356. The van der Waals surface area contributed by atoms with Gasteiger partial charge in [0.2, 0.25) is 17.6 Å². The van der Waals surface area contributed by atoms with Crippen molar-refractivity contribution in [1.82, 2.24) is 20.4 Å². The fraction of sp³-hybridized carbons (Fsp3) is 0.231. The molecule has 0 aliphatic carbocycles. The van der Waals surface area contributed by atoms with Crippen LogP contribution < -0.4 is 10.1 Å². The summed E-state index contributed by atoms with van der Waals surface area (Å²) in [6, 6.07) is 17.3. The number of nitrogens with zero attached hydrogens (tertiary/aromatic N) is 3. The number of aryl methyl sites for hydroxylation is 1. The molecule has 0 saturated heterocycles. The first-order valence-corrected chi connectivity index (χ1v) is 11.1. The summed E-state index contributed by atoms with van der Waals surface area (Å²) in [7, 11) is 0. The molecule has 34 heavy (non-hydrogen) atoms. The Hall–Kier alpha value is -4.07. The van der Waals surface area contributed by atoms with Crippen molar-refractivity contribution >= 4 is 5.91 Å². The summed E-state index contributed by atoms with van der Waals surface area (Å²) in [5.74, 6) is 1.23. The molecule has 4 rings (SSSR count). The summed E-state index contributed by atoms with van der Waals surface area (Å²) in [4.78, 5) is 20.7. The Kier molecular flexibility index (Phi) is 7.60. The number of benzene rings is 2. The molecule has 8 heteroatoms. The van der Waals surface area contributed by atoms with Gasteiger partial charge in [-0.1, -0.05) is 23.4 Å². The Balaban J connectivity index is 1.20. The van der Waals surface area contributed by atoms with E-state index in [4.69, 9.17) is 9.26 Å².